The monoisotopic (exact) mass is 358 g/mol. The maximum Gasteiger partial charge on any atom is 0.416 e. The summed E-state index contributed by atoms with van der Waals surface area (Å²) in [5.74, 6) is 0. The van der Waals surface area contributed by atoms with E-state index in [1.807, 2.05) is 42.5 Å². The molecule has 0 unspecified atom stereocenters. The van der Waals surface area contributed by atoms with E-state index in [-0.39, 0.29) is 0 Å². The van der Waals surface area contributed by atoms with Crippen LogP contribution in [0.2, 0.25) is 0 Å². The molecule has 0 aliphatic carbocycles. The van der Waals surface area contributed by atoms with Crippen LogP contribution in [0.15, 0.2) is 66.7 Å². The minimum Gasteiger partial charge on any atom is -0.310 e. The van der Waals surface area contributed by atoms with Crippen molar-refractivity contribution in [3.63, 3.8) is 0 Å². The lowest BCUT2D eigenvalue weighted by atomic mass is 9.99. The second kappa shape index (κ2) is 7.92. The second-order valence-electron chi connectivity index (χ2n) is 6.38. The van der Waals surface area contributed by atoms with Crippen molar-refractivity contribution in [1.29, 1.82) is 0 Å². The zero-order valence-electron chi connectivity index (χ0n) is 15.6. The number of hydrogen-bond acceptors (Lipinski definition) is 1. The summed E-state index contributed by atoms with van der Waals surface area (Å²) < 4.78 is 47.1. The average Bonchev–Trinajstić information content (AvgIpc) is 2.64. The minimum absolute atomic E-state index is 0.530. The van der Waals surface area contributed by atoms with Gasteiger partial charge in [-0.15, -0.1) is 0 Å². The quantitative estimate of drug-likeness (QED) is 0.522. The molecule has 0 aliphatic heterocycles. The Balaban J connectivity index is 1.63. The molecule has 0 saturated carbocycles. The number of nitrogens with one attached hydrogen (secondary N) is 1. The molecule has 3 aromatic rings. The van der Waals surface area contributed by atoms with E-state index in [1.165, 1.54) is 12.1 Å². The van der Waals surface area contributed by atoms with Gasteiger partial charge in [-0.2, -0.15) is 13.2 Å². The minimum atomic E-state index is -4.32. The van der Waals surface area contributed by atoms with E-state index in [0.717, 1.165) is 22.4 Å². The summed E-state index contributed by atoms with van der Waals surface area (Å²) >= 11 is 0. The van der Waals surface area contributed by atoms with Crippen LogP contribution in [0.25, 0.3) is 10.8 Å². The molecule has 4 heteroatoms. The molecule has 1 N–H and O–H groups in total. The first-order valence-corrected chi connectivity index (χ1v) is 8.67. The van der Waals surface area contributed by atoms with Gasteiger partial charge in [-0.25, -0.2) is 0 Å². The average molecular weight is 358 g/mol. The second-order valence-corrected chi connectivity index (χ2v) is 6.38. The van der Waals surface area contributed by atoms with Crippen molar-refractivity contribution in [3.8, 4) is 0 Å². The molecule has 0 aliphatic rings. The molecule has 1 atom stereocenters. The Bertz CT molecular complexity index is 913. The van der Waals surface area contributed by atoms with E-state index in [0.29, 0.717) is 24.9 Å². The van der Waals surface area contributed by atoms with E-state index in [9.17, 15) is 13.2 Å². The zero-order chi connectivity index (χ0) is 19.5. The van der Waals surface area contributed by atoms with Crippen molar-refractivity contribution in [1.82, 2.24) is 5.32 Å². The Morgan fingerprint density at radius 2 is 1.73 bits per heavy atom. The van der Waals surface area contributed by atoms with Gasteiger partial charge in [-0.1, -0.05) is 60.7 Å². The highest BCUT2D eigenvalue weighted by Gasteiger charge is 2.30. The van der Waals surface area contributed by atoms with E-state index in [4.69, 9.17) is 1.37 Å². The zero-order valence-corrected chi connectivity index (χ0v) is 14.6. The molecule has 0 aromatic heterocycles. The highest BCUT2D eigenvalue weighted by atomic mass is 19.4. The van der Waals surface area contributed by atoms with Gasteiger partial charge in [0.1, 0.15) is 0 Å². The predicted octanol–water partition coefficient (Wildman–Crippen LogP) is 6.14. The van der Waals surface area contributed by atoms with Gasteiger partial charge in [-0.05, 0) is 54.3 Å². The first-order chi connectivity index (χ1) is 12.8. The van der Waals surface area contributed by atoms with Gasteiger partial charge in [0.2, 0.25) is 0 Å². The number of aryl methyl sites for hydroxylation is 1. The third-order valence-corrected chi connectivity index (χ3v) is 4.48. The van der Waals surface area contributed by atoms with Gasteiger partial charge < -0.3 is 5.32 Å². The number of fused-ring (bicyclic) bond motifs is 1. The van der Waals surface area contributed by atoms with Crippen molar-refractivity contribution in [2.45, 2.75) is 32.0 Å². The molecule has 3 aromatic carbocycles. The molecule has 3 rings (SSSR count). The fraction of sp³-hybridized carbons (Fsp3) is 0.273. The van der Waals surface area contributed by atoms with Gasteiger partial charge >= 0.3 is 6.18 Å². The van der Waals surface area contributed by atoms with Gasteiger partial charge in [0, 0.05) is 6.02 Å². The normalized spacial score (nSPS) is 14.8. The van der Waals surface area contributed by atoms with Crippen LogP contribution in [0.4, 0.5) is 13.2 Å². The summed E-state index contributed by atoms with van der Waals surface area (Å²) in [6.07, 6.45) is -3.13. The highest BCUT2D eigenvalue weighted by Crippen LogP contribution is 2.29. The first-order valence-electron chi connectivity index (χ1n) is 9.17. The van der Waals surface area contributed by atoms with Gasteiger partial charge in [-0.3, -0.25) is 0 Å². The molecule has 26 heavy (non-hydrogen) atoms. The van der Waals surface area contributed by atoms with Crippen LogP contribution in [0, 0.1) is 0 Å². The van der Waals surface area contributed by atoms with Crippen LogP contribution < -0.4 is 5.32 Å². The van der Waals surface area contributed by atoms with Crippen LogP contribution >= 0.6 is 0 Å². The lowest BCUT2D eigenvalue weighted by molar-refractivity contribution is -0.137. The van der Waals surface area contributed by atoms with Gasteiger partial charge in [0.15, 0.2) is 0 Å². The maximum atomic E-state index is 12.8. The van der Waals surface area contributed by atoms with Crippen molar-refractivity contribution < 1.29 is 14.5 Å². The topological polar surface area (TPSA) is 12.0 Å². The number of benzene rings is 3. The van der Waals surface area contributed by atoms with Crippen LogP contribution in [0.3, 0.4) is 0 Å². The Morgan fingerprint density at radius 3 is 2.54 bits per heavy atom. The van der Waals surface area contributed by atoms with Crippen LogP contribution in [0.1, 0.15) is 37.4 Å². The number of hydrogen-bond donors (Lipinski definition) is 1. The summed E-state index contributed by atoms with van der Waals surface area (Å²) in [4.78, 5) is 0. The summed E-state index contributed by atoms with van der Waals surface area (Å²) in [6, 6.07) is 18.3. The molecule has 0 fully saturated rings. The SMILES string of the molecule is [2H][C@@](C)(NCCCc1cccc(C(F)(F)F)c1)c1cccc2ccccc12. The van der Waals surface area contributed by atoms with Crippen molar-refractivity contribution in [2.24, 2.45) is 0 Å². The predicted molar refractivity (Wildman–Crippen MR) is 100 cm³/mol. The van der Waals surface area contributed by atoms with E-state index >= 15 is 0 Å². The standard InChI is InChI=1S/C22H22F3N/c1-16(20-13-5-10-18-9-2-3-12-21(18)20)26-14-6-8-17-7-4-11-19(15-17)22(23,24)25/h2-5,7,9-13,15-16,26H,6,8,14H2,1H3/t16-/m0/s1/i16D. The molecule has 1 nitrogen and oxygen atoms in total. The molecule has 0 bridgehead atoms. The number of alkyl halides is 3. The van der Waals surface area contributed by atoms with E-state index in [1.54, 1.807) is 13.0 Å². The highest BCUT2D eigenvalue weighted by molar-refractivity contribution is 5.86. The Kier molecular flexibility index (Phi) is 5.21. The summed E-state index contributed by atoms with van der Waals surface area (Å²) in [6.45, 7) is 2.35. The summed E-state index contributed by atoms with van der Waals surface area (Å²) in [7, 11) is 0. The fourth-order valence-electron chi connectivity index (χ4n) is 3.12. The van der Waals surface area contributed by atoms with Crippen LogP contribution in [-0.2, 0) is 12.6 Å². The van der Waals surface area contributed by atoms with Crippen molar-refractivity contribution in [2.75, 3.05) is 6.54 Å². The maximum absolute atomic E-state index is 12.8. The Hall–Kier alpha value is -2.33. The lowest BCUT2D eigenvalue weighted by Gasteiger charge is -2.17. The number of halogens is 3. The van der Waals surface area contributed by atoms with Crippen molar-refractivity contribution >= 4 is 10.8 Å². The molecule has 0 heterocycles. The van der Waals surface area contributed by atoms with E-state index < -0.39 is 17.8 Å². The van der Waals surface area contributed by atoms with Crippen LogP contribution in [-0.4, -0.2) is 6.54 Å². The van der Waals surface area contributed by atoms with Gasteiger partial charge in [0.05, 0.1) is 6.93 Å². The first kappa shape index (κ1) is 17.1. The molecular formula is C22H22F3N. The fourth-order valence-corrected chi connectivity index (χ4v) is 3.12. The molecule has 0 saturated heterocycles. The largest absolute Gasteiger partial charge is 0.416 e. The smallest absolute Gasteiger partial charge is 0.310 e. The summed E-state index contributed by atoms with van der Waals surface area (Å²) in [5.41, 5.74) is 0.928. The summed E-state index contributed by atoms with van der Waals surface area (Å²) in [5, 5.41) is 5.34. The molecule has 136 valence electrons. The molecular weight excluding hydrogens is 335 g/mol. The third kappa shape index (κ3) is 4.44. The Morgan fingerprint density at radius 1 is 1.00 bits per heavy atom. The third-order valence-electron chi connectivity index (χ3n) is 4.48. The van der Waals surface area contributed by atoms with Gasteiger partial charge in [0.25, 0.3) is 0 Å². The number of rotatable bonds is 6. The van der Waals surface area contributed by atoms with Crippen LogP contribution in [0.5, 0.6) is 0 Å². The Labute approximate surface area is 153 Å². The molecule has 0 spiro atoms. The van der Waals surface area contributed by atoms with Crippen molar-refractivity contribution in [3.05, 3.63) is 83.4 Å². The molecule has 0 amide bonds. The molecule has 0 radical (unpaired) electrons. The van der Waals surface area contributed by atoms with E-state index in [2.05, 4.69) is 5.32 Å². The lowest BCUT2D eigenvalue weighted by Crippen LogP contribution is -2.20.